The first-order valence-electron chi connectivity index (χ1n) is 18.7. The lowest BCUT2D eigenvalue weighted by molar-refractivity contribution is 0.669. The second kappa shape index (κ2) is 13.3. The summed E-state index contributed by atoms with van der Waals surface area (Å²) in [5, 5.41) is 4.50. The zero-order valence-electron chi connectivity index (χ0n) is 30.1. The van der Waals surface area contributed by atoms with E-state index >= 15 is 0 Å². The Balaban J connectivity index is 0.994. The van der Waals surface area contributed by atoms with Crippen LogP contribution in [0.1, 0.15) is 0 Å². The fraction of sp³-hybridized carbons (Fsp3) is 0. The van der Waals surface area contributed by atoms with Crippen LogP contribution in [0.5, 0.6) is 0 Å². The van der Waals surface area contributed by atoms with Crippen molar-refractivity contribution in [3.05, 3.63) is 188 Å². The summed E-state index contributed by atoms with van der Waals surface area (Å²) in [5.74, 6) is 1.87. The summed E-state index contributed by atoms with van der Waals surface area (Å²) >= 11 is 1.80. The molecule has 0 aliphatic heterocycles. The number of furan rings is 1. The summed E-state index contributed by atoms with van der Waals surface area (Å²) in [6.07, 6.45) is 0. The van der Waals surface area contributed by atoms with Gasteiger partial charge in [-0.2, -0.15) is 0 Å². The minimum absolute atomic E-state index is 0.612. The minimum Gasteiger partial charge on any atom is -0.456 e. The highest BCUT2D eigenvalue weighted by Crippen LogP contribution is 2.40. The summed E-state index contributed by atoms with van der Waals surface area (Å²) in [4.78, 5) is 15.3. The predicted molar refractivity (Wildman–Crippen MR) is 233 cm³/mol. The Morgan fingerprint density at radius 3 is 1.62 bits per heavy atom. The Kier molecular flexibility index (Phi) is 7.64. The first-order chi connectivity index (χ1) is 27.7. The van der Waals surface area contributed by atoms with Gasteiger partial charge in [0.15, 0.2) is 17.5 Å². The number of hydrogen-bond donors (Lipinski definition) is 0. The van der Waals surface area contributed by atoms with Gasteiger partial charge in [0.25, 0.3) is 0 Å². The maximum atomic E-state index is 6.23. The molecule has 0 fully saturated rings. The van der Waals surface area contributed by atoms with Crippen LogP contribution in [0.25, 0.3) is 110 Å². The van der Waals surface area contributed by atoms with Crippen molar-refractivity contribution >= 4 is 53.4 Å². The highest BCUT2D eigenvalue weighted by molar-refractivity contribution is 7.25. The summed E-state index contributed by atoms with van der Waals surface area (Å²) in [6, 6.07) is 65.9. The van der Waals surface area contributed by atoms with E-state index in [1.807, 2.05) is 60.7 Å². The molecule has 4 nitrogen and oxygen atoms in total. The van der Waals surface area contributed by atoms with E-state index in [0.717, 1.165) is 38.6 Å². The zero-order valence-corrected chi connectivity index (χ0v) is 30.9. The normalized spacial score (nSPS) is 11.6. The number of aromatic nitrogens is 3. The van der Waals surface area contributed by atoms with E-state index in [2.05, 4.69) is 127 Å². The van der Waals surface area contributed by atoms with Gasteiger partial charge in [-0.1, -0.05) is 146 Å². The largest absolute Gasteiger partial charge is 0.456 e. The number of thiophene rings is 1. The molecule has 0 N–H and O–H groups in total. The van der Waals surface area contributed by atoms with E-state index in [1.165, 1.54) is 53.6 Å². The third-order valence-electron chi connectivity index (χ3n) is 10.5. The SMILES string of the molecule is c1ccc(-c2cccc(-c3cccc(-c4ccc5sc6cc(-c7nc(-c8ccccc8)nc(-c8cccc9oc%10ccccc%10c89)n7)ccc6c5c4)c3)c2)cc1. The van der Waals surface area contributed by atoms with Crippen molar-refractivity contribution in [2.75, 3.05) is 0 Å². The topological polar surface area (TPSA) is 51.8 Å². The van der Waals surface area contributed by atoms with E-state index in [1.54, 1.807) is 11.3 Å². The van der Waals surface area contributed by atoms with Crippen molar-refractivity contribution in [1.82, 2.24) is 15.0 Å². The molecule has 0 spiro atoms. The van der Waals surface area contributed by atoms with Crippen LogP contribution < -0.4 is 0 Å². The Morgan fingerprint density at radius 2 is 0.875 bits per heavy atom. The molecule has 0 aliphatic rings. The van der Waals surface area contributed by atoms with Crippen molar-refractivity contribution in [1.29, 1.82) is 0 Å². The molecule has 0 unspecified atom stereocenters. The quantitative estimate of drug-likeness (QED) is 0.171. The zero-order chi connectivity index (χ0) is 37.0. The lowest BCUT2D eigenvalue weighted by atomic mass is 9.96. The molecule has 8 aromatic carbocycles. The molecule has 11 rings (SSSR count). The van der Waals surface area contributed by atoms with Gasteiger partial charge in [-0.3, -0.25) is 0 Å². The summed E-state index contributed by atoms with van der Waals surface area (Å²) < 4.78 is 8.66. The summed E-state index contributed by atoms with van der Waals surface area (Å²) in [7, 11) is 0. The number of para-hydroxylation sites is 1. The first-order valence-corrected chi connectivity index (χ1v) is 19.5. The van der Waals surface area contributed by atoms with E-state index in [-0.39, 0.29) is 0 Å². The number of benzene rings is 8. The monoisotopic (exact) mass is 733 g/mol. The third kappa shape index (κ3) is 5.65. The Hall–Kier alpha value is -7.21. The van der Waals surface area contributed by atoms with Gasteiger partial charge >= 0.3 is 0 Å². The van der Waals surface area contributed by atoms with Gasteiger partial charge < -0.3 is 4.42 Å². The van der Waals surface area contributed by atoms with Gasteiger partial charge in [0.2, 0.25) is 0 Å². The molecular formula is C51H31N3OS. The lowest BCUT2D eigenvalue weighted by Crippen LogP contribution is -2.00. The van der Waals surface area contributed by atoms with Gasteiger partial charge in [0.1, 0.15) is 11.2 Å². The summed E-state index contributed by atoms with van der Waals surface area (Å²) in [6.45, 7) is 0. The molecule has 262 valence electrons. The van der Waals surface area contributed by atoms with Crippen molar-refractivity contribution < 1.29 is 4.42 Å². The average Bonchev–Trinajstić information content (AvgIpc) is 3.85. The van der Waals surface area contributed by atoms with E-state index in [9.17, 15) is 0 Å². The van der Waals surface area contributed by atoms with Gasteiger partial charge in [-0.05, 0) is 75.8 Å². The first kappa shape index (κ1) is 32.2. The average molecular weight is 734 g/mol. The molecule has 5 heteroatoms. The highest BCUT2D eigenvalue weighted by Gasteiger charge is 2.18. The molecule has 11 aromatic rings. The summed E-state index contributed by atoms with van der Waals surface area (Å²) in [5.41, 5.74) is 11.7. The van der Waals surface area contributed by atoms with E-state index in [4.69, 9.17) is 19.4 Å². The Morgan fingerprint density at radius 1 is 0.321 bits per heavy atom. The predicted octanol–water partition coefficient (Wildman–Crippen LogP) is 14.1. The van der Waals surface area contributed by atoms with Gasteiger partial charge in [-0.25, -0.2) is 15.0 Å². The van der Waals surface area contributed by atoms with Crippen LogP contribution in [0.15, 0.2) is 192 Å². The maximum Gasteiger partial charge on any atom is 0.164 e. The van der Waals surface area contributed by atoms with Crippen LogP contribution in [-0.4, -0.2) is 15.0 Å². The molecule has 0 aliphatic carbocycles. The number of fused-ring (bicyclic) bond motifs is 6. The fourth-order valence-corrected chi connectivity index (χ4v) is 8.91. The van der Waals surface area contributed by atoms with Crippen LogP contribution in [0, 0.1) is 0 Å². The van der Waals surface area contributed by atoms with Crippen LogP contribution in [0.2, 0.25) is 0 Å². The van der Waals surface area contributed by atoms with Gasteiger partial charge in [0, 0.05) is 47.6 Å². The van der Waals surface area contributed by atoms with Crippen molar-refractivity contribution in [3.63, 3.8) is 0 Å². The van der Waals surface area contributed by atoms with Crippen molar-refractivity contribution in [2.45, 2.75) is 0 Å². The number of hydrogen-bond acceptors (Lipinski definition) is 5. The Bertz CT molecular complexity index is 3260. The molecule has 3 aromatic heterocycles. The second-order valence-corrected chi connectivity index (χ2v) is 15.1. The van der Waals surface area contributed by atoms with Gasteiger partial charge in [0.05, 0.1) is 0 Å². The highest BCUT2D eigenvalue weighted by atomic mass is 32.1. The molecule has 0 atom stereocenters. The van der Waals surface area contributed by atoms with Crippen LogP contribution in [0.3, 0.4) is 0 Å². The van der Waals surface area contributed by atoms with Crippen LogP contribution in [0.4, 0.5) is 0 Å². The smallest absolute Gasteiger partial charge is 0.164 e. The minimum atomic E-state index is 0.612. The maximum absolute atomic E-state index is 6.23. The number of nitrogens with zero attached hydrogens (tertiary/aromatic N) is 3. The van der Waals surface area contributed by atoms with E-state index < -0.39 is 0 Å². The Labute approximate surface area is 327 Å². The molecule has 3 heterocycles. The van der Waals surface area contributed by atoms with Crippen molar-refractivity contribution in [2.24, 2.45) is 0 Å². The molecule has 56 heavy (non-hydrogen) atoms. The van der Waals surface area contributed by atoms with Crippen LogP contribution >= 0.6 is 11.3 Å². The van der Waals surface area contributed by atoms with Crippen molar-refractivity contribution in [3.8, 4) is 67.5 Å². The molecule has 0 bridgehead atoms. The lowest BCUT2D eigenvalue weighted by Gasteiger charge is -2.09. The third-order valence-corrected chi connectivity index (χ3v) is 11.7. The fourth-order valence-electron chi connectivity index (χ4n) is 7.79. The molecular weight excluding hydrogens is 703 g/mol. The standard InChI is InChI=1S/C51H31N3OS/c1-3-12-32(13-4-1)34-16-9-17-35(28-34)36-18-10-19-37(29-36)38-25-27-46-43(30-38)40-26-24-39(31-47(40)56-46)50-52-49(33-14-5-2-6-15-33)53-51(54-50)42-21-11-23-45-48(42)41-20-7-8-22-44(41)55-45/h1-31H. The molecule has 0 saturated heterocycles. The van der Waals surface area contributed by atoms with Crippen LogP contribution in [-0.2, 0) is 0 Å². The molecule has 0 amide bonds. The molecule has 0 radical (unpaired) electrons. The van der Waals surface area contributed by atoms with E-state index in [0.29, 0.717) is 17.5 Å². The molecule has 0 saturated carbocycles. The van der Waals surface area contributed by atoms with Gasteiger partial charge in [-0.15, -0.1) is 11.3 Å². The second-order valence-electron chi connectivity index (χ2n) is 14.0. The number of rotatable bonds is 6.